The first-order valence-corrected chi connectivity index (χ1v) is 5.98. The summed E-state index contributed by atoms with van der Waals surface area (Å²) in [5, 5.41) is 10.9. The molecule has 1 aromatic carbocycles. The zero-order chi connectivity index (χ0) is 13.1. The second kappa shape index (κ2) is 4.97. The average Bonchev–Trinajstić information content (AvgIpc) is 3.13. The molecule has 0 amide bonds. The van der Waals surface area contributed by atoms with Crippen molar-refractivity contribution in [1.82, 2.24) is 10.2 Å². The lowest BCUT2D eigenvalue weighted by Crippen LogP contribution is -2.05. The molecule has 3 aromatic rings. The minimum Gasteiger partial charge on any atom is -0.472 e. The van der Waals surface area contributed by atoms with Gasteiger partial charge in [-0.15, -0.1) is 10.2 Å². The Hall–Kier alpha value is -2.56. The van der Waals surface area contributed by atoms with Crippen molar-refractivity contribution in [2.75, 3.05) is 5.32 Å². The second-order valence-corrected chi connectivity index (χ2v) is 4.24. The molecular weight excluding hydrogens is 242 g/mol. The largest absolute Gasteiger partial charge is 0.472 e. The Bertz CT molecular complexity index is 615. The standard InChI is InChI=1S/C14H13N3O2/c1-10(12-6-7-18-8-12)16-13-4-2-11(3-5-13)14-17-15-9-19-14/h2-10,16H,1H3. The number of nitrogens with zero attached hydrogens (tertiary/aromatic N) is 2. The van der Waals surface area contributed by atoms with Crippen molar-refractivity contribution in [1.29, 1.82) is 0 Å². The highest BCUT2D eigenvalue weighted by atomic mass is 16.4. The van der Waals surface area contributed by atoms with Gasteiger partial charge < -0.3 is 14.2 Å². The van der Waals surface area contributed by atoms with Crippen molar-refractivity contribution < 1.29 is 8.83 Å². The highest BCUT2D eigenvalue weighted by Gasteiger charge is 2.07. The van der Waals surface area contributed by atoms with Gasteiger partial charge in [0.25, 0.3) is 0 Å². The topological polar surface area (TPSA) is 64.1 Å². The van der Waals surface area contributed by atoms with Gasteiger partial charge in [0.15, 0.2) is 0 Å². The molecule has 2 aromatic heterocycles. The molecule has 0 aliphatic rings. The monoisotopic (exact) mass is 255 g/mol. The normalized spacial score (nSPS) is 12.3. The van der Waals surface area contributed by atoms with Gasteiger partial charge in [0, 0.05) is 16.8 Å². The molecule has 5 heteroatoms. The minimum absolute atomic E-state index is 0.188. The maximum atomic E-state index is 5.14. The van der Waals surface area contributed by atoms with E-state index in [-0.39, 0.29) is 6.04 Å². The van der Waals surface area contributed by atoms with Gasteiger partial charge in [0.05, 0.1) is 18.6 Å². The third-order valence-corrected chi connectivity index (χ3v) is 2.92. The van der Waals surface area contributed by atoms with Crippen LogP contribution in [0, 0.1) is 0 Å². The summed E-state index contributed by atoms with van der Waals surface area (Å²) < 4.78 is 10.2. The number of aromatic nitrogens is 2. The summed E-state index contributed by atoms with van der Waals surface area (Å²) in [4.78, 5) is 0. The molecule has 96 valence electrons. The quantitative estimate of drug-likeness (QED) is 0.772. The molecule has 0 radical (unpaired) electrons. The Morgan fingerprint density at radius 2 is 2.00 bits per heavy atom. The lowest BCUT2D eigenvalue weighted by molar-refractivity contribution is 0.562. The van der Waals surface area contributed by atoms with Crippen LogP contribution in [-0.4, -0.2) is 10.2 Å². The predicted molar refractivity (Wildman–Crippen MR) is 70.5 cm³/mol. The molecule has 0 aliphatic carbocycles. The van der Waals surface area contributed by atoms with Crippen molar-refractivity contribution >= 4 is 5.69 Å². The van der Waals surface area contributed by atoms with Gasteiger partial charge in [0.2, 0.25) is 12.3 Å². The van der Waals surface area contributed by atoms with E-state index in [1.54, 1.807) is 12.5 Å². The van der Waals surface area contributed by atoms with Gasteiger partial charge in [-0.2, -0.15) is 0 Å². The third-order valence-electron chi connectivity index (χ3n) is 2.92. The number of hydrogen-bond donors (Lipinski definition) is 1. The van der Waals surface area contributed by atoms with E-state index in [1.807, 2.05) is 30.3 Å². The van der Waals surface area contributed by atoms with Crippen LogP contribution in [0.3, 0.4) is 0 Å². The van der Waals surface area contributed by atoms with Crippen LogP contribution in [0.2, 0.25) is 0 Å². The molecule has 0 aliphatic heterocycles. The van der Waals surface area contributed by atoms with Crippen molar-refractivity contribution in [3.05, 3.63) is 54.8 Å². The first-order valence-electron chi connectivity index (χ1n) is 5.98. The fourth-order valence-electron chi connectivity index (χ4n) is 1.86. The molecule has 1 unspecified atom stereocenters. The van der Waals surface area contributed by atoms with E-state index in [0.29, 0.717) is 5.89 Å². The molecule has 5 nitrogen and oxygen atoms in total. The van der Waals surface area contributed by atoms with Crippen molar-refractivity contribution in [2.45, 2.75) is 13.0 Å². The molecule has 19 heavy (non-hydrogen) atoms. The second-order valence-electron chi connectivity index (χ2n) is 4.24. The minimum atomic E-state index is 0.188. The molecule has 1 N–H and O–H groups in total. The fraction of sp³-hybridized carbons (Fsp3) is 0.143. The molecule has 0 fully saturated rings. The lowest BCUT2D eigenvalue weighted by Gasteiger charge is -2.13. The van der Waals surface area contributed by atoms with E-state index in [1.165, 1.54) is 6.39 Å². The summed E-state index contributed by atoms with van der Waals surface area (Å²) in [6.45, 7) is 2.08. The smallest absolute Gasteiger partial charge is 0.247 e. The SMILES string of the molecule is CC(Nc1ccc(-c2nnco2)cc1)c1ccoc1. The first kappa shape index (κ1) is 11.5. The molecule has 0 saturated carbocycles. The van der Waals surface area contributed by atoms with Gasteiger partial charge in [-0.1, -0.05) is 0 Å². The number of anilines is 1. The Kier molecular flexibility index (Phi) is 3.02. The Labute approximate surface area is 110 Å². The van der Waals surface area contributed by atoms with Gasteiger partial charge in [-0.3, -0.25) is 0 Å². The maximum absolute atomic E-state index is 5.14. The first-order chi connectivity index (χ1) is 9.33. The fourth-order valence-corrected chi connectivity index (χ4v) is 1.86. The highest BCUT2D eigenvalue weighted by molar-refractivity contribution is 5.58. The summed E-state index contributed by atoms with van der Waals surface area (Å²) in [6, 6.07) is 9.99. The summed E-state index contributed by atoms with van der Waals surface area (Å²) in [6.07, 6.45) is 4.74. The lowest BCUT2D eigenvalue weighted by atomic mass is 10.1. The van der Waals surface area contributed by atoms with Crippen LogP contribution in [0.15, 0.2) is 58.1 Å². The van der Waals surface area contributed by atoms with E-state index in [4.69, 9.17) is 8.83 Å². The molecule has 2 heterocycles. The van der Waals surface area contributed by atoms with E-state index in [2.05, 4.69) is 22.4 Å². The molecule has 0 saturated heterocycles. The van der Waals surface area contributed by atoms with Gasteiger partial charge in [-0.05, 0) is 37.3 Å². The van der Waals surface area contributed by atoms with Crippen LogP contribution in [0.25, 0.3) is 11.5 Å². The van der Waals surface area contributed by atoms with E-state index in [0.717, 1.165) is 16.8 Å². The summed E-state index contributed by atoms with van der Waals surface area (Å²) in [7, 11) is 0. The van der Waals surface area contributed by atoms with Crippen LogP contribution >= 0.6 is 0 Å². The van der Waals surface area contributed by atoms with Crippen LogP contribution in [0.5, 0.6) is 0 Å². The van der Waals surface area contributed by atoms with E-state index < -0.39 is 0 Å². The molecule has 3 rings (SSSR count). The van der Waals surface area contributed by atoms with Gasteiger partial charge in [0.1, 0.15) is 0 Å². The van der Waals surface area contributed by atoms with E-state index >= 15 is 0 Å². The van der Waals surface area contributed by atoms with Crippen LogP contribution in [0.4, 0.5) is 5.69 Å². The number of benzene rings is 1. The van der Waals surface area contributed by atoms with E-state index in [9.17, 15) is 0 Å². The molecule has 1 atom stereocenters. The zero-order valence-electron chi connectivity index (χ0n) is 10.4. The van der Waals surface area contributed by atoms with Crippen LogP contribution < -0.4 is 5.32 Å². The Morgan fingerprint density at radius 3 is 2.63 bits per heavy atom. The number of nitrogens with one attached hydrogen (secondary N) is 1. The van der Waals surface area contributed by atoms with Crippen LogP contribution in [-0.2, 0) is 0 Å². The summed E-state index contributed by atoms with van der Waals surface area (Å²) in [5.41, 5.74) is 3.04. The van der Waals surface area contributed by atoms with Gasteiger partial charge in [-0.25, -0.2) is 0 Å². The molecule has 0 spiro atoms. The third kappa shape index (κ3) is 2.49. The van der Waals surface area contributed by atoms with Crippen LogP contribution in [0.1, 0.15) is 18.5 Å². The summed E-state index contributed by atoms with van der Waals surface area (Å²) >= 11 is 0. The number of hydrogen-bond acceptors (Lipinski definition) is 5. The number of furan rings is 1. The van der Waals surface area contributed by atoms with Crippen molar-refractivity contribution in [3.63, 3.8) is 0 Å². The van der Waals surface area contributed by atoms with Crippen molar-refractivity contribution in [3.8, 4) is 11.5 Å². The van der Waals surface area contributed by atoms with Gasteiger partial charge >= 0.3 is 0 Å². The summed E-state index contributed by atoms with van der Waals surface area (Å²) in [5.74, 6) is 0.523. The zero-order valence-corrected chi connectivity index (χ0v) is 10.4. The predicted octanol–water partition coefficient (Wildman–Crippen LogP) is 3.50. The Balaban J connectivity index is 1.73. The Morgan fingerprint density at radius 1 is 1.16 bits per heavy atom. The maximum Gasteiger partial charge on any atom is 0.247 e. The van der Waals surface area contributed by atoms with Crippen molar-refractivity contribution in [2.24, 2.45) is 0 Å². The molecular formula is C14H13N3O2. The molecule has 0 bridgehead atoms. The average molecular weight is 255 g/mol. The highest BCUT2D eigenvalue weighted by Crippen LogP contribution is 2.22. The number of rotatable bonds is 4.